The average Bonchev–Trinajstić information content (AvgIpc) is 3.14. The Morgan fingerprint density at radius 1 is 1.09 bits per heavy atom. The van der Waals surface area contributed by atoms with Crippen molar-refractivity contribution in [3.63, 3.8) is 0 Å². The third-order valence-corrected chi connectivity index (χ3v) is 5.62. The highest BCUT2D eigenvalue weighted by molar-refractivity contribution is 8.03. The highest BCUT2D eigenvalue weighted by atomic mass is 32.2. The number of benzene rings is 2. The van der Waals surface area contributed by atoms with Gasteiger partial charge in [-0.2, -0.15) is 0 Å². The summed E-state index contributed by atoms with van der Waals surface area (Å²) in [6.07, 6.45) is 5.01. The van der Waals surface area contributed by atoms with Crippen molar-refractivity contribution in [1.82, 2.24) is 0 Å². The predicted molar refractivity (Wildman–Crippen MR) is 128 cm³/mol. The largest absolute Gasteiger partial charge is 0.497 e. The topological polar surface area (TPSA) is 179 Å². The number of rotatable bonds is 7. The molecule has 1 aliphatic heterocycles. The third-order valence-electron chi connectivity index (χ3n) is 4.51. The number of thioether (sulfide) groups is 1. The summed E-state index contributed by atoms with van der Waals surface area (Å²) in [6.45, 7) is 4.74. The molecule has 0 aromatic heterocycles. The Bertz CT molecular complexity index is 1210. The summed E-state index contributed by atoms with van der Waals surface area (Å²) in [5.41, 5.74) is -1.90. The number of hydrogen-bond donors (Lipinski definition) is 1. The first-order valence-corrected chi connectivity index (χ1v) is 10.7. The van der Waals surface area contributed by atoms with Gasteiger partial charge in [-0.3, -0.25) is 35.1 Å². The van der Waals surface area contributed by atoms with Gasteiger partial charge in [0, 0.05) is 23.6 Å². The summed E-state index contributed by atoms with van der Waals surface area (Å²) in [7, 11) is 1.66. The van der Waals surface area contributed by atoms with E-state index in [1.165, 1.54) is 0 Å². The molecule has 0 radical (unpaired) electrons. The number of carbonyl (C=O) groups excluding carboxylic acids is 1. The molecule has 0 fully saturated rings. The van der Waals surface area contributed by atoms with Crippen LogP contribution < -0.4 is 9.64 Å². The van der Waals surface area contributed by atoms with Gasteiger partial charge in [0.15, 0.2) is 5.78 Å². The minimum Gasteiger partial charge on any atom is -0.497 e. The van der Waals surface area contributed by atoms with Crippen molar-refractivity contribution in [2.75, 3.05) is 18.6 Å². The van der Waals surface area contributed by atoms with Gasteiger partial charge in [0.25, 0.3) is 11.4 Å². The van der Waals surface area contributed by atoms with Crippen LogP contribution in [0.2, 0.25) is 0 Å². The molecule has 2 aromatic carbocycles. The molecule has 0 saturated heterocycles. The fraction of sp³-hybridized carbons (Fsp3) is 0.190. The van der Waals surface area contributed by atoms with E-state index in [0.29, 0.717) is 12.1 Å². The van der Waals surface area contributed by atoms with Gasteiger partial charge >= 0.3 is 11.4 Å². The highest BCUT2D eigenvalue weighted by Crippen LogP contribution is 2.47. The number of phenols is 1. The summed E-state index contributed by atoms with van der Waals surface area (Å²) in [6, 6.07) is 6.87. The maximum absolute atomic E-state index is 11.7. The fourth-order valence-electron chi connectivity index (χ4n) is 2.95. The van der Waals surface area contributed by atoms with Crippen molar-refractivity contribution in [2.45, 2.75) is 18.7 Å². The summed E-state index contributed by atoms with van der Waals surface area (Å²) in [5, 5.41) is 41.2. The molecule has 0 saturated carbocycles. The second-order valence-electron chi connectivity index (χ2n) is 6.67. The molecule has 14 heteroatoms. The number of ketones is 1. The molecular weight excluding hydrogens is 484 g/mol. The van der Waals surface area contributed by atoms with Gasteiger partial charge in [-0.05, 0) is 32.1 Å². The molecule has 184 valence electrons. The minimum atomic E-state index is -1.21. The van der Waals surface area contributed by atoms with Crippen molar-refractivity contribution in [1.29, 1.82) is 0 Å². The van der Waals surface area contributed by atoms with Crippen LogP contribution in [-0.4, -0.2) is 39.3 Å². The Labute approximate surface area is 202 Å². The first-order valence-electron chi connectivity index (χ1n) is 9.85. The first kappa shape index (κ1) is 26.8. The van der Waals surface area contributed by atoms with Crippen molar-refractivity contribution < 1.29 is 29.4 Å². The van der Waals surface area contributed by atoms with Crippen LogP contribution in [0.5, 0.6) is 11.5 Å². The zero-order valence-electron chi connectivity index (χ0n) is 18.7. The molecular formula is C21H20N4O9S. The minimum absolute atomic E-state index is 0.0169. The van der Waals surface area contributed by atoms with Crippen LogP contribution >= 0.6 is 11.8 Å². The van der Waals surface area contributed by atoms with E-state index in [0.717, 1.165) is 27.9 Å². The van der Waals surface area contributed by atoms with Gasteiger partial charge < -0.3 is 14.7 Å². The molecule has 1 N–H and O–H groups in total. The number of methoxy groups -OCH3 is 1. The second kappa shape index (κ2) is 11.6. The number of nitrogens with zero attached hydrogens (tertiary/aromatic N) is 4. The van der Waals surface area contributed by atoms with Crippen molar-refractivity contribution in [3.05, 3.63) is 83.9 Å². The number of ether oxygens (including phenoxy) is 1. The lowest BCUT2D eigenvalue weighted by molar-refractivity contribution is -0.404. The van der Waals surface area contributed by atoms with Crippen LogP contribution in [0.1, 0.15) is 13.8 Å². The molecule has 0 amide bonds. The molecule has 0 unspecified atom stereocenters. The molecule has 1 aliphatic rings. The molecule has 3 rings (SSSR count). The van der Waals surface area contributed by atoms with E-state index in [1.807, 2.05) is 25.1 Å². The van der Waals surface area contributed by atoms with Gasteiger partial charge in [-0.25, -0.2) is 0 Å². The van der Waals surface area contributed by atoms with Gasteiger partial charge in [-0.1, -0.05) is 17.8 Å². The number of fused-ring (bicyclic) bond motifs is 1. The lowest BCUT2D eigenvalue weighted by Crippen LogP contribution is -2.17. The van der Waals surface area contributed by atoms with Crippen LogP contribution in [0.25, 0.3) is 0 Å². The lowest BCUT2D eigenvalue weighted by atomic mass is 10.2. The maximum Gasteiger partial charge on any atom is 0.324 e. The fourth-order valence-corrected chi connectivity index (χ4v) is 4.10. The number of nitro groups is 3. The molecule has 2 aromatic rings. The quantitative estimate of drug-likeness (QED) is 0.313. The van der Waals surface area contributed by atoms with Crippen molar-refractivity contribution in [2.24, 2.45) is 0 Å². The van der Waals surface area contributed by atoms with Crippen LogP contribution in [0.4, 0.5) is 22.7 Å². The number of non-ortho nitro benzene ring substituents is 1. The zero-order chi connectivity index (χ0) is 26.3. The number of hydrogen-bond acceptors (Lipinski definition) is 11. The summed E-state index contributed by atoms with van der Waals surface area (Å²) in [5.74, 6) is -0.359. The van der Waals surface area contributed by atoms with Crippen LogP contribution in [0.15, 0.2) is 58.5 Å². The Morgan fingerprint density at radius 3 is 2.14 bits per heavy atom. The average molecular weight is 504 g/mol. The van der Waals surface area contributed by atoms with Gasteiger partial charge in [0.1, 0.15) is 5.75 Å². The van der Waals surface area contributed by atoms with Crippen LogP contribution in [0.3, 0.4) is 0 Å². The molecule has 0 spiro atoms. The number of allylic oxidation sites excluding steroid dienone is 3. The number of anilines is 1. The lowest BCUT2D eigenvalue weighted by Gasteiger charge is -2.18. The standard InChI is InChI=1S/C15H17NO2S.C6H3N3O7/c1-4-6-11(17)9-15-16(5-2)13-10-12(18-3)7-8-14(13)19-15;10-6-4(8(13)14)1-3(7(11)12)2-5(6)9(15)16/h4,6-10H,5H2,1-3H3;1-2,10H. The van der Waals surface area contributed by atoms with Crippen LogP contribution in [0, 0.1) is 30.3 Å². The number of nitro benzene ring substituents is 3. The smallest absolute Gasteiger partial charge is 0.324 e. The van der Waals surface area contributed by atoms with E-state index in [9.17, 15) is 35.1 Å². The molecule has 0 atom stereocenters. The molecule has 35 heavy (non-hydrogen) atoms. The van der Waals surface area contributed by atoms with E-state index in [4.69, 9.17) is 9.84 Å². The van der Waals surface area contributed by atoms with E-state index in [1.54, 1.807) is 37.1 Å². The molecule has 1 heterocycles. The van der Waals surface area contributed by atoms with Crippen molar-refractivity contribution >= 4 is 40.3 Å². The Kier molecular flexibility index (Phi) is 8.88. The Balaban J connectivity index is 0.000000251. The van der Waals surface area contributed by atoms with Crippen molar-refractivity contribution in [3.8, 4) is 11.5 Å². The predicted octanol–water partition coefficient (Wildman–Crippen LogP) is 4.73. The van der Waals surface area contributed by atoms with E-state index >= 15 is 0 Å². The monoisotopic (exact) mass is 504 g/mol. The summed E-state index contributed by atoms with van der Waals surface area (Å²) in [4.78, 5) is 42.8. The van der Waals surface area contributed by atoms with E-state index in [-0.39, 0.29) is 5.78 Å². The van der Waals surface area contributed by atoms with E-state index in [2.05, 4.69) is 11.8 Å². The van der Waals surface area contributed by atoms with Gasteiger partial charge in [0.05, 0.1) is 44.7 Å². The summed E-state index contributed by atoms with van der Waals surface area (Å²) < 4.78 is 5.25. The SMILES string of the molecule is CC=CC(=O)C=C1Sc2ccc(OC)cc2N1CC.O=[N+]([O-])c1cc([N+](=O)[O-])c(O)c([N+](=O)[O-])c1. The van der Waals surface area contributed by atoms with E-state index < -0.39 is 37.6 Å². The van der Waals surface area contributed by atoms with Gasteiger partial charge in [-0.15, -0.1) is 0 Å². The molecule has 0 bridgehead atoms. The number of carbonyl (C=O) groups is 1. The van der Waals surface area contributed by atoms with Crippen LogP contribution in [-0.2, 0) is 4.79 Å². The summed E-state index contributed by atoms with van der Waals surface area (Å²) >= 11 is 1.62. The first-order chi connectivity index (χ1) is 16.5. The third kappa shape index (κ3) is 6.32. The Morgan fingerprint density at radius 2 is 1.69 bits per heavy atom. The number of aromatic hydroxyl groups is 1. The molecule has 0 aliphatic carbocycles. The normalized spacial score (nSPS) is 13.2. The Hall–Kier alpha value is -4.46. The number of phenolic OH excluding ortho intramolecular Hbond substituents is 1. The second-order valence-corrected chi connectivity index (χ2v) is 7.73. The van der Waals surface area contributed by atoms with Gasteiger partial charge in [0.2, 0.25) is 0 Å². The maximum atomic E-state index is 11.7. The zero-order valence-corrected chi connectivity index (χ0v) is 19.6. The highest BCUT2D eigenvalue weighted by Gasteiger charge is 2.30. The molecule has 13 nitrogen and oxygen atoms in total.